The molecule has 3 aromatic rings. The van der Waals surface area contributed by atoms with E-state index in [-0.39, 0.29) is 18.4 Å². The predicted molar refractivity (Wildman–Crippen MR) is 87.0 cm³/mol. The van der Waals surface area contributed by atoms with E-state index < -0.39 is 0 Å². The first-order chi connectivity index (χ1) is 11.7. The zero-order valence-electron chi connectivity index (χ0n) is 12.6. The Hall–Kier alpha value is -3.55. The van der Waals surface area contributed by atoms with Crippen LogP contribution in [0.15, 0.2) is 54.6 Å². The number of amides is 2. The summed E-state index contributed by atoms with van der Waals surface area (Å²) in [5.41, 5.74) is 1.80. The average Bonchev–Trinajstić information content (AvgIpc) is 3.15. The van der Waals surface area contributed by atoms with Gasteiger partial charge < -0.3 is 10.6 Å². The highest BCUT2D eigenvalue weighted by Gasteiger charge is 2.09. The normalized spacial score (nSPS) is 10.2. The number of hydrogen-bond donors (Lipinski definition) is 3. The van der Waals surface area contributed by atoms with Gasteiger partial charge >= 0.3 is 0 Å². The summed E-state index contributed by atoms with van der Waals surface area (Å²) in [4.78, 5) is 23.9. The molecule has 24 heavy (non-hydrogen) atoms. The minimum atomic E-state index is -0.329. The van der Waals surface area contributed by atoms with Gasteiger partial charge in [0.25, 0.3) is 5.91 Å². The van der Waals surface area contributed by atoms with Gasteiger partial charge in [-0.1, -0.05) is 30.3 Å². The monoisotopic (exact) mass is 322 g/mol. The minimum absolute atomic E-state index is 0.125. The SMILES string of the molecule is O=C(CNC(=O)c1ccccc1)Nc1cccc(-c2nn[nH]n2)c1. The van der Waals surface area contributed by atoms with Gasteiger partial charge in [0.1, 0.15) is 0 Å². The minimum Gasteiger partial charge on any atom is -0.343 e. The predicted octanol–water partition coefficient (Wildman–Crippen LogP) is 1.24. The Labute approximate surface area is 137 Å². The van der Waals surface area contributed by atoms with Crippen molar-refractivity contribution >= 4 is 17.5 Å². The molecule has 1 heterocycles. The fourth-order valence-electron chi connectivity index (χ4n) is 2.08. The molecule has 3 N–H and O–H groups in total. The zero-order chi connectivity index (χ0) is 16.8. The Morgan fingerprint density at radius 3 is 2.62 bits per heavy atom. The van der Waals surface area contributed by atoms with Gasteiger partial charge in [0.15, 0.2) is 0 Å². The van der Waals surface area contributed by atoms with E-state index in [1.165, 1.54) is 0 Å². The molecule has 8 nitrogen and oxygen atoms in total. The van der Waals surface area contributed by atoms with E-state index in [0.717, 1.165) is 5.56 Å². The molecule has 3 rings (SSSR count). The lowest BCUT2D eigenvalue weighted by molar-refractivity contribution is -0.115. The molecule has 0 spiro atoms. The standard InChI is InChI=1S/C16H14N6O2/c23-14(10-17-16(24)11-5-2-1-3-6-11)18-13-8-4-7-12(9-13)15-19-21-22-20-15/h1-9H,10H2,(H,17,24)(H,18,23)(H,19,20,21,22). The largest absolute Gasteiger partial charge is 0.343 e. The van der Waals surface area contributed by atoms with Crippen molar-refractivity contribution in [3.63, 3.8) is 0 Å². The van der Waals surface area contributed by atoms with Gasteiger partial charge in [-0.05, 0) is 29.5 Å². The number of benzene rings is 2. The van der Waals surface area contributed by atoms with Gasteiger partial charge in [0.2, 0.25) is 11.7 Å². The number of hydrogen-bond acceptors (Lipinski definition) is 5. The molecule has 2 amide bonds. The third kappa shape index (κ3) is 3.80. The molecule has 0 saturated carbocycles. The number of aromatic amines is 1. The lowest BCUT2D eigenvalue weighted by Crippen LogP contribution is -2.32. The number of carbonyl (C=O) groups is 2. The molecule has 2 aromatic carbocycles. The first kappa shape index (κ1) is 15.3. The van der Waals surface area contributed by atoms with Gasteiger partial charge in [-0.25, -0.2) is 0 Å². The number of nitrogens with zero attached hydrogens (tertiary/aromatic N) is 3. The maximum absolute atomic E-state index is 12.0. The third-order valence-electron chi connectivity index (χ3n) is 3.20. The molecule has 0 bridgehead atoms. The summed E-state index contributed by atoms with van der Waals surface area (Å²) in [6.45, 7) is -0.125. The maximum atomic E-state index is 12.0. The lowest BCUT2D eigenvalue weighted by Gasteiger charge is -2.07. The zero-order valence-corrected chi connectivity index (χ0v) is 12.6. The first-order valence-electron chi connectivity index (χ1n) is 7.19. The maximum Gasteiger partial charge on any atom is 0.251 e. The fraction of sp³-hybridized carbons (Fsp3) is 0.0625. The molecule has 0 aliphatic heterocycles. The Morgan fingerprint density at radius 1 is 1.04 bits per heavy atom. The number of carbonyl (C=O) groups excluding carboxylic acids is 2. The molecule has 0 aliphatic rings. The van der Waals surface area contributed by atoms with Crippen molar-refractivity contribution < 1.29 is 9.59 Å². The molecule has 8 heteroatoms. The molecule has 1 aromatic heterocycles. The van der Waals surface area contributed by atoms with E-state index in [1.54, 1.807) is 48.5 Å². The van der Waals surface area contributed by atoms with E-state index in [0.29, 0.717) is 17.1 Å². The van der Waals surface area contributed by atoms with Crippen LogP contribution in [-0.4, -0.2) is 39.0 Å². The average molecular weight is 322 g/mol. The molecular formula is C16H14N6O2. The fourth-order valence-corrected chi connectivity index (χ4v) is 2.08. The van der Waals surface area contributed by atoms with E-state index >= 15 is 0 Å². The van der Waals surface area contributed by atoms with Crippen LogP contribution in [0.1, 0.15) is 10.4 Å². The molecule has 120 valence electrons. The van der Waals surface area contributed by atoms with E-state index in [9.17, 15) is 9.59 Å². The van der Waals surface area contributed by atoms with Crippen LogP contribution in [0, 0.1) is 0 Å². The molecule has 0 atom stereocenters. The van der Waals surface area contributed by atoms with E-state index in [2.05, 4.69) is 31.3 Å². The van der Waals surface area contributed by atoms with Crippen molar-refractivity contribution in [2.75, 3.05) is 11.9 Å². The highest BCUT2D eigenvalue weighted by molar-refractivity contribution is 5.99. The number of aromatic nitrogens is 4. The van der Waals surface area contributed by atoms with Gasteiger partial charge in [0, 0.05) is 16.8 Å². The van der Waals surface area contributed by atoms with Crippen LogP contribution in [0.25, 0.3) is 11.4 Å². The highest BCUT2D eigenvalue weighted by atomic mass is 16.2. The van der Waals surface area contributed by atoms with Crippen LogP contribution in [0.4, 0.5) is 5.69 Å². The Balaban J connectivity index is 1.57. The van der Waals surface area contributed by atoms with Gasteiger partial charge in [-0.15, -0.1) is 10.2 Å². The van der Waals surface area contributed by atoms with Crippen molar-refractivity contribution in [3.8, 4) is 11.4 Å². The third-order valence-corrected chi connectivity index (χ3v) is 3.20. The summed E-state index contributed by atoms with van der Waals surface area (Å²) in [5, 5.41) is 18.9. The summed E-state index contributed by atoms with van der Waals surface area (Å²) in [7, 11) is 0. The number of anilines is 1. The highest BCUT2D eigenvalue weighted by Crippen LogP contribution is 2.18. The first-order valence-corrected chi connectivity index (χ1v) is 7.19. The molecule has 0 unspecified atom stereocenters. The van der Waals surface area contributed by atoms with Gasteiger partial charge in [0.05, 0.1) is 6.54 Å². The number of tetrazole rings is 1. The molecule has 0 fully saturated rings. The quantitative estimate of drug-likeness (QED) is 0.654. The Kier molecular flexibility index (Phi) is 4.57. The van der Waals surface area contributed by atoms with Crippen molar-refractivity contribution in [1.82, 2.24) is 25.9 Å². The summed E-state index contributed by atoms with van der Waals surface area (Å²) in [6, 6.07) is 15.7. The number of H-pyrrole nitrogens is 1. The van der Waals surface area contributed by atoms with Crippen LogP contribution >= 0.6 is 0 Å². The van der Waals surface area contributed by atoms with Crippen molar-refractivity contribution in [2.24, 2.45) is 0 Å². The van der Waals surface area contributed by atoms with Crippen molar-refractivity contribution in [1.29, 1.82) is 0 Å². The smallest absolute Gasteiger partial charge is 0.251 e. The van der Waals surface area contributed by atoms with E-state index in [4.69, 9.17) is 0 Å². The van der Waals surface area contributed by atoms with Crippen LogP contribution < -0.4 is 10.6 Å². The lowest BCUT2D eigenvalue weighted by atomic mass is 10.2. The van der Waals surface area contributed by atoms with E-state index in [1.807, 2.05) is 6.07 Å². The second-order valence-electron chi connectivity index (χ2n) is 4.91. The number of rotatable bonds is 5. The van der Waals surface area contributed by atoms with Crippen LogP contribution in [0.2, 0.25) is 0 Å². The second-order valence-corrected chi connectivity index (χ2v) is 4.91. The summed E-state index contributed by atoms with van der Waals surface area (Å²) < 4.78 is 0. The molecule has 0 saturated heterocycles. The van der Waals surface area contributed by atoms with Gasteiger partial charge in [-0.3, -0.25) is 9.59 Å². The van der Waals surface area contributed by atoms with Crippen molar-refractivity contribution in [2.45, 2.75) is 0 Å². The molecule has 0 aliphatic carbocycles. The number of nitrogens with one attached hydrogen (secondary N) is 3. The Bertz CT molecular complexity index is 833. The summed E-state index contributed by atoms with van der Waals surface area (Å²) in [6.07, 6.45) is 0. The summed E-state index contributed by atoms with van der Waals surface area (Å²) in [5.74, 6) is -0.195. The second kappa shape index (κ2) is 7.14. The Morgan fingerprint density at radius 2 is 1.88 bits per heavy atom. The molecule has 0 radical (unpaired) electrons. The van der Waals surface area contributed by atoms with Crippen molar-refractivity contribution in [3.05, 3.63) is 60.2 Å². The summed E-state index contributed by atoms with van der Waals surface area (Å²) >= 11 is 0. The van der Waals surface area contributed by atoms with Gasteiger partial charge in [-0.2, -0.15) is 5.21 Å². The molecular weight excluding hydrogens is 308 g/mol. The van der Waals surface area contributed by atoms with Crippen LogP contribution in [0.5, 0.6) is 0 Å². The van der Waals surface area contributed by atoms with Crippen LogP contribution in [-0.2, 0) is 4.79 Å². The topological polar surface area (TPSA) is 113 Å². The van der Waals surface area contributed by atoms with Crippen LogP contribution in [0.3, 0.4) is 0 Å².